The van der Waals surface area contributed by atoms with E-state index in [1.807, 2.05) is 13.8 Å². The number of rotatable bonds is 2. The van der Waals surface area contributed by atoms with Crippen LogP contribution in [0, 0.1) is 5.92 Å². The Morgan fingerprint density at radius 2 is 2.11 bits per heavy atom. The van der Waals surface area contributed by atoms with Gasteiger partial charge >= 0.3 is 12.0 Å². The van der Waals surface area contributed by atoms with Crippen LogP contribution in [-0.2, 0) is 9.53 Å². The van der Waals surface area contributed by atoms with E-state index in [1.165, 1.54) is 0 Å². The maximum atomic E-state index is 12.2. The van der Waals surface area contributed by atoms with E-state index in [0.29, 0.717) is 26.1 Å². The van der Waals surface area contributed by atoms with E-state index in [0.717, 1.165) is 12.8 Å². The topological polar surface area (TPSA) is 78.9 Å². The van der Waals surface area contributed by atoms with Gasteiger partial charge in [-0.05, 0) is 26.7 Å². The molecule has 108 valence electrons. The van der Waals surface area contributed by atoms with Gasteiger partial charge in [0.25, 0.3) is 0 Å². The summed E-state index contributed by atoms with van der Waals surface area (Å²) in [5.41, 5.74) is -0.336. The second-order valence-corrected chi connectivity index (χ2v) is 5.96. The van der Waals surface area contributed by atoms with Crippen LogP contribution in [0.1, 0.15) is 33.1 Å². The Hall–Kier alpha value is -1.30. The summed E-state index contributed by atoms with van der Waals surface area (Å²) in [5, 5.41) is 12.0. The maximum Gasteiger partial charge on any atom is 0.317 e. The van der Waals surface area contributed by atoms with Gasteiger partial charge in [0.1, 0.15) is 0 Å². The van der Waals surface area contributed by atoms with E-state index >= 15 is 0 Å². The van der Waals surface area contributed by atoms with Crippen LogP contribution in [0.15, 0.2) is 0 Å². The first-order valence-corrected chi connectivity index (χ1v) is 6.81. The SMILES string of the molecule is CC1(C)CN(C(=O)NC2CCCC2C(=O)O)CCO1. The van der Waals surface area contributed by atoms with E-state index in [4.69, 9.17) is 9.84 Å². The third kappa shape index (κ3) is 3.37. The summed E-state index contributed by atoms with van der Waals surface area (Å²) in [7, 11) is 0. The number of amides is 2. The molecule has 6 heteroatoms. The van der Waals surface area contributed by atoms with Gasteiger partial charge < -0.3 is 20.1 Å². The largest absolute Gasteiger partial charge is 0.481 e. The van der Waals surface area contributed by atoms with Gasteiger partial charge in [-0.3, -0.25) is 4.79 Å². The first-order valence-electron chi connectivity index (χ1n) is 6.81. The zero-order valence-corrected chi connectivity index (χ0v) is 11.5. The smallest absolute Gasteiger partial charge is 0.317 e. The Labute approximate surface area is 113 Å². The lowest BCUT2D eigenvalue weighted by atomic mass is 10.0. The predicted octanol–water partition coefficient (Wildman–Crippen LogP) is 1.06. The van der Waals surface area contributed by atoms with Gasteiger partial charge in [0.05, 0.1) is 24.7 Å². The summed E-state index contributed by atoms with van der Waals surface area (Å²) in [6.45, 7) is 5.50. The monoisotopic (exact) mass is 270 g/mol. The summed E-state index contributed by atoms with van der Waals surface area (Å²) in [5.74, 6) is -1.26. The van der Waals surface area contributed by atoms with Crippen molar-refractivity contribution in [3.05, 3.63) is 0 Å². The van der Waals surface area contributed by atoms with Crippen molar-refractivity contribution in [3.63, 3.8) is 0 Å². The van der Waals surface area contributed by atoms with E-state index in [9.17, 15) is 9.59 Å². The number of hydrogen-bond donors (Lipinski definition) is 2. The van der Waals surface area contributed by atoms with Crippen LogP contribution in [0.2, 0.25) is 0 Å². The fourth-order valence-corrected chi connectivity index (χ4v) is 2.87. The third-order valence-corrected chi connectivity index (χ3v) is 3.85. The predicted molar refractivity (Wildman–Crippen MR) is 68.9 cm³/mol. The van der Waals surface area contributed by atoms with Crippen molar-refractivity contribution < 1.29 is 19.4 Å². The molecule has 1 aliphatic heterocycles. The second-order valence-electron chi connectivity index (χ2n) is 5.96. The fourth-order valence-electron chi connectivity index (χ4n) is 2.87. The number of carboxylic acid groups (broad SMARTS) is 1. The Balaban J connectivity index is 1.92. The number of ether oxygens (including phenoxy) is 1. The molecule has 2 rings (SSSR count). The van der Waals surface area contributed by atoms with Gasteiger partial charge in [-0.1, -0.05) is 6.42 Å². The standard InChI is InChI=1S/C13H22N2O4/c1-13(2)8-15(6-7-19-13)12(18)14-10-5-3-4-9(10)11(16)17/h9-10H,3-8H2,1-2H3,(H,14,18)(H,16,17). The lowest BCUT2D eigenvalue weighted by Gasteiger charge is -2.38. The molecule has 1 aliphatic carbocycles. The van der Waals surface area contributed by atoms with Crippen molar-refractivity contribution in [2.75, 3.05) is 19.7 Å². The molecule has 1 heterocycles. The molecular formula is C13H22N2O4. The second kappa shape index (κ2) is 5.36. The highest BCUT2D eigenvalue weighted by atomic mass is 16.5. The number of hydrogen-bond acceptors (Lipinski definition) is 3. The van der Waals surface area contributed by atoms with Crippen molar-refractivity contribution in [1.82, 2.24) is 10.2 Å². The number of carboxylic acids is 1. The van der Waals surface area contributed by atoms with Crippen molar-refractivity contribution in [2.24, 2.45) is 5.92 Å². The van der Waals surface area contributed by atoms with Gasteiger partial charge in [-0.25, -0.2) is 4.79 Å². The summed E-state index contributed by atoms with van der Waals surface area (Å²) < 4.78 is 5.56. The number of carbonyl (C=O) groups excluding carboxylic acids is 1. The third-order valence-electron chi connectivity index (χ3n) is 3.85. The Bertz CT molecular complexity index is 370. The lowest BCUT2D eigenvalue weighted by Crippen LogP contribution is -2.55. The molecule has 0 aromatic carbocycles. The minimum Gasteiger partial charge on any atom is -0.481 e. The van der Waals surface area contributed by atoms with Gasteiger partial charge in [-0.2, -0.15) is 0 Å². The molecule has 0 aromatic rings. The molecule has 0 spiro atoms. The average molecular weight is 270 g/mol. The Morgan fingerprint density at radius 1 is 1.37 bits per heavy atom. The first-order chi connectivity index (χ1) is 8.89. The van der Waals surface area contributed by atoms with Gasteiger partial charge in [0.2, 0.25) is 0 Å². The van der Waals surface area contributed by atoms with Crippen molar-refractivity contribution in [1.29, 1.82) is 0 Å². The number of aliphatic carboxylic acids is 1. The van der Waals surface area contributed by atoms with Crippen molar-refractivity contribution >= 4 is 12.0 Å². The molecule has 2 atom stereocenters. The van der Waals surface area contributed by atoms with Crippen LogP contribution in [0.5, 0.6) is 0 Å². The van der Waals surface area contributed by atoms with Crippen LogP contribution in [0.25, 0.3) is 0 Å². The highest BCUT2D eigenvalue weighted by Crippen LogP contribution is 2.26. The molecule has 2 aliphatic rings. The zero-order chi connectivity index (χ0) is 14.0. The van der Waals surface area contributed by atoms with Crippen LogP contribution < -0.4 is 5.32 Å². The molecule has 19 heavy (non-hydrogen) atoms. The minimum absolute atomic E-state index is 0.172. The number of urea groups is 1. The number of nitrogens with one attached hydrogen (secondary N) is 1. The van der Waals surface area contributed by atoms with Crippen molar-refractivity contribution in [3.8, 4) is 0 Å². The number of morpholine rings is 1. The summed E-state index contributed by atoms with van der Waals surface area (Å²) in [6.07, 6.45) is 2.25. The number of carbonyl (C=O) groups is 2. The van der Waals surface area contributed by atoms with Crippen LogP contribution >= 0.6 is 0 Å². The lowest BCUT2D eigenvalue weighted by molar-refractivity contribution is -0.142. The van der Waals surface area contributed by atoms with Gasteiger partial charge in [0, 0.05) is 12.6 Å². The van der Waals surface area contributed by atoms with E-state index < -0.39 is 11.9 Å². The molecule has 6 nitrogen and oxygen atoms in total. The summed E-state index contributed by atoms with van der Waals surface area (Å²) >= 11 is 0. The van der Waals surface area contributed by atoms with E-state index in [1.54, 1.807) is 4.90 Å². The van der Waals surface area contributed by atoms with Gasteiger partial charge in [0.15, 0.2) is 0 Å². The zero-order valence-electron chi connectivity index (χ0n) is 11.5. The molecule has 0 radical (unpaired) electrons. The molecular weight excluding hydrogens is 248 g/mol. The maximum absolute atomic E-state index is 12.2. The molecule has 2 N–H and O–H groups in total. The van der Waals surface area contributed by atoms with E-state index in [2.05, 4.69) is 5.32 Å². The van der Waals surface area contributed by atoms with Gasteiger partial charge in [-0.15, -0.1) is 0 Å². The average Bonchev–Trinajstić information content (AvgIpc) is 2.75. The Morgan fingerprint density at radius 3 is 2.74 bits per heavy atom. The molecule has 1 saturated carbocycles. The van der Waals surface area contributed by atoms with Crippen LogP contribution in [0.3, 0.4) is 0 Å². The molecule has 2 unspecified atom stereocenters. The highest BCUT2D eigenvalue weighted by Gasteiger charge is 2.36. The highest BCUT2D eigenvalue weighted by molar-refractivity contribution is 5.77. The normalized spacial score (nSPS) is 30.1. The van der Waals surface area contributed by atoms with Crippen LogP contribution in [-0.4, -0.2) is 53.3 Å². The van der Waals surface area contributed by atoms with E-state index in [-0.39, 0.29) is 17.7 Å². The summed E-state index contributed by atoms with van der Waals surface area (Å²) in [4.78, 5) is 25.0. The molecule has 0 aromatic heterocycles. The molecule has 0 bridgehead atoms. The number of nitrogens with zero attached hydrogens (tertiary/aromatic N) is 1. The van der Waals surface area contributed by atoms with Crippen LogP contribution in [0.4, 0.5) is 4.79 Å². The fraction of sp³-hybridized carbons (Fsp3) is 0.846. The van der Waals surface area contributed by atoms with Crippen molar-refractivity contribution in [2.45, 2.75) is 44.8 Å². The quantitative estimate of drug-likeness (QED) is 0.786. The molecule has 2 amide bonds. The first kappa shape index (κ1) is 14.1. The minimum atomic E-state index is -0.815. The molecule has 2 fully saturated rings. The Kier molecular flexibility index (Phi) is 3.99. The summed E-state index contributed by atoms with van der Waals surface area (Å²) in [6, 6.07) is -0.412. The molecule has 1 saturated heterocycles.